The number of fused-ring (bicyclic) bond motifs is 1. The fraction of sp³-hybridized carbons (Fsp3) is 0.462. The van der Waals surface area contributed by atoms with Crippen molar-refractivity contribution in [3.63, 3.8) is 0 Å². The van der Waals surface area contributed by atoms with E-state index in [-0.39, 0.29) is 11.3 Å². The van der Waals surface area contributed by atoms with Crippen LogP contribution >= 0.6 is 11.6 Å². The number of carbonyl (C=O) groups excluding carboxylic acids is 1. The number of carbonyl (C=O) groups is 1. The lowest BCUT2D eigenvalue weighted by atomic mass is 10.1. The predicted molar refractivity (Wildman–Crippen MR) is 141 cm³/mol. The minimum Gasteiger partial charge on any atom is -0.494 e. The maximum atomic E-state index is 12.7. The van der Waals surface area contributed by atoms with Crippen LogP contribution in [0.4, 0.5) is 0 Å². The molecule has 0 spiro atoms. The lowest BCUT2D eigenvalue weighted by Gasteiger charge is -2.12. The van der Waals surface area contributed by atoms with Crippen LogP contribution in [0, 0.1) is 6.92 Å². The highest BCUT2D eigenvalue weighted by atomic mass is 35.5. The van der Waals surface area contributed by atoms with Crippen molar-refractivity contribution in [3.8, 4) is 5.75 Å². The van der Waals surface area contributed by atoms with Crippen molar-refractivity contribution >= 4 is 38.6 Å². The molecule has 0 radical (unpaired) electrons. The fourth-order valence-corrected chi connectivity index (χ4v) is 5.15. The first kappa shape index (κ1) is 27.0. The molecule has 35 heavy (non-hydrogen) atoms. The number of hydrogen-bond acceptors (Lipinski definition) is 5. The number of imidazole rings is 1. The van der Waals surface area contributed by atoms with Gasteiger partial charge in [0.2, 0.25) is 10.0 Å². The van der Waals surface area contributed by atoms with Crippen molar-refractivity contribution in [1.82, 2.24) is 14.3 Å². The van der Waals surface area contributed by atoms with Gasteiger partial charge in [0.15, 0.2) is 0 Å². The van der Waals surface area contributed by atoms with E-state index in [2.05, 4.69) is 16.6 Å². The van der Waals surface area contributed by atoms with E-state index in [0.717, 1.165) is 60.3 Å². The summed E-state index contributed by atoms with van der Waals surface area (Å²) in [6, 6.07) is 10.6. The second-order valence-electron chi connectivity index (χ2n) is 8.71. The number of nitrogens with one attached hydrogen (secondary N) is 1. The number of ether oxygens (including phenoxy) is 1. The smallest absolute Gasteiger partial charge is 0.264 e. The number of benzene rings is 2. The average Bonchev–Trinajstić information content (AvgIpc) is 3.12. The van der Waals surface area contributed by atoms with Gasteiger partial charge in [0.1, 0.15) is 11.6 Å². The van der Waals surface area contributed by atoms with E-state index in [0.29, 0.717) is 24.6 Å². The van der Waals surface area contributed by atoms with Gasteiger partial charge in [0.05, 0.1) is 29.9 Å². The first-order chi connectivity index (χ1) is 16.7. The third-order valence-electron chi connectivity index (χ3n) is 5.84. The van der Waals surface area contributed by atoms with Crippen molar-refractivity contribution in [2.24, 2.45) is 0 Å². The van der Waals surface area contributed by atoms with Gasteiger partial charge in [-0.2, -0.15) is 0 Å². The maximum absolute atomic E-state index is 12.7. The fourth-order valence-electron chi connectivity index (χ4n) is 3.84. The summed E-state index contributed by atoms with van der Waals surface area (Å²) in [5.74, 6) is 0.793. The number of rotatable bonds is 13. The minimum atomic E-state index is -3.68. The Morgan fingerprint density at radius 1 is 1.06 bits per heavy atom. The first-order valence-electron chi connectivity index (χ1n) is 12.2. The van der Waals surface area contributed by atoms with Crippen molar-refractivity contribution in [1.29, 1.82) is 0 Å². The van der Waals surface area contributed by atoms with Gasteiger partial charge in [-0.25, -0.2) is 18.1 Å². The molecule has 0 saturated heterocycles. The van der Waals surface area contributed by atoms with Crippen LogP contribution in [0.1, 0.15) is 74.1 Å². The Bertz CT molecular complexity index is 1270. The molecule has 3 rings (SSSR count). The van der Waals surface area contributed by atoms with Crippen LogP contribution in [0.3, 0.4) is 0 Å². The van der Waals surface area contributed by atoms with E-state index < -0.39 is 15.9 Å². The van der Waals surface area contributed by atoms with Crippen LogP contribution in [-0.4, -0.2) is 36.2 Å². The lowest BCUT2D eigenvalue weighted by Crippen LogP contribution is -2.32. The minimum absolute atomic E-state index is 0.0668. The zero-order valence-electron chi connectivity index (χ0n) is 20.6. The largest absolute Gasteiger partial charge is 0.494 e. The molecule has 0 bridgehead atoms. The molecule has 1 N–H and O–H groups in total. The number of sulfonamides is 1. The summed E-state index contributed by atoms with van der Waals surface area (Å²) in [4.78, 5) is 17.3. The standard InChI is InChI=1S/C26H34ClN3O4S/c1-4-6-8-14-34-22-12-10-21(23(27)17-22)18-30-19(3)28-24-13-11-20(16-25(24)30)26(31)29-35(32,33)15-9-7-5-2/h10-13,16-17H,4-9,14-15,18H2,1-3H3,(H,29,31). The molecule has 0 aliphatic heterocycles. The van der Waals surface area contributed by atoms with Gasteiger partial charge >= 0.3 is 0 Å². The van der Waals surface area contributed by atoms with E-state index in [9.17, 15) is 13.2 Å². The second kappa shape index (κ2) is 12.4. The van der Waals surface area contributed by atoms with Crippen LogP contribution in [0.5, 0.6) is 5.75 Å². The normalized spacial score (nSPS) is 11.7. The number of hydrogen-bond donors (Lipinski definition) is 1. The summed E-state index contributed by atoms with van der Waals surface area (Å²) in [6.07, 6.45) is 5.50. The zero-order valence-corrected chi connectivity index (χ0v) is 22.2. The van der Waals surface area contributed by atoms with Gasteiger partial charge in [0, 0.05) is 10.6 Å². The monoisotopic (exact) mass is 519 g/mol. The summed E-state index contributed by atoms with van der Waals surface area (Å²) in [5.41, 5.74) is 2.61. The zero-order chi connectivity index (χ0) is 25.4. The quantitative estimate of drug-likeness (QED) is 0.285. The Hall–Kier alpha value is -2.58. The van der Waals surface area contributed by atoms with E-state index in [4.69, 9.17) is 16.3 Å². The van der Waals surface area contributed by atoms with Gasteiger partial charge in [-0.15, -0.1) is 0 Å². The highest BCUT2D eigenvalue weighted by Gasteiger charge is 2.18. The Morgan fingerprint density at radius 2 is 1.80 bits per heavy atom. The molecule has 1 aromatic heterocycles. The lowest BCUT2D eigenvalue weighted by molar-refractivity contribution is 0.0981. The predicted octanol–water partition coefficient (Wildman–Crippen LogP) is 5.87. The third kappa shape index (κ3) is 7.45. The van der Waals surface area contributed by atoms with E-state index in [1.165, 1.54) is 0 Å². The van der Waals surface area contributed by atoms with Crippen LogP contribution in [0.25, 0.3) is 11.0 Å². The van der Waals surface area contributed by atoms with Gasteiger partial charge in [-0.1, -0.05) is 57.2 Å². The van der Waals surface area contributed by atoms with Crippen molar-refractivity contribution in [3.05, 3.63) is 58.4 Å². The number of amides is 1. The van der Waals surface area contributed by atoms with E-state index in [1.807, 2.05) is 36.6 Å². The number of halogens is 1. The summed E-state index contributed by atoms with van der Waals surface area (Å²) in [7, 11) is -3.68. The first-order valence-corrected chi connectivity index (χ1v) is 14.2. The maximum Gasteiger partial charge on any atom is 0.264 e. The molecule has 1 amide bonds. The summed E-state index contributed by atoms with van der Waals surface area (Å²) >= 11 is 6.55. The molecule has 0 saturated carbocycles. The number of unbranched alkanes of at least 4 members (excludes halogenated alkanes) is 4. The van der Waals surface area contributed by atoms with Crippen molar-refractivity contribution in [2.45, 2.75) is 65.8 Å². The molecule has 0 unspecified atom stereocenters. The molecular weight excluding hydrogens is 486 g/mol. The molecule has 0 aliphatic carbocycles. The highest BCUT2D eigenvalue weighted by Crippen LogP contribution is 2.26. The van der Waals surface area contributed by atoms with Gasteiger partial charge < -0.3 is 9.30 Å². The van der Waals surface area contributed by atoms with Crippen LogP contribution < -0.4 is 9.46 Å². The molecule has 0 aliphatic rings. The molecular formula is C26H34ClN3O4S. The van der Waals surface area contributed by atoms with Gasteiger partial charge in [-0.3, -0.25) is 4.79 Å². The Labute approximate surface area is 212 Å². The average molecular weight is 520 g/mol. The summed E-state index contributed by atoms with van der Waals surface area (Å²) in [6.45, 7) is 7.15. The molecule has 3 aromatic rings. The summed E-state index contributed by atoms with van der Waals surface area (Å²) < 4.78 is 34.4. The molecule has 0 fully saturated rings. The Kier molecular flexibility index (Phi) is 9.57. The Balaban J connectivity index is 1.78. The Morgan fingerprint density at radius 3 is 2.51 bits per heavy atom. The van der Waals surface area contributed by atoms with Crippen LogP contribution in [0.15, 0.2) is 36.4 Å². The number of aryl methyl sites for hydroxylation is 1. The van der Waals surface area contributed by atoms with Gasteiger partial charge in [-0.05, 0) is 55.7 Å². The second-order valence-corrected chi connectivity index (χ2v) is 11.0. The molecule has 9 heteroatoms. The number of nitrogens with zero attached hydrogens (tertiary/aromatic N) is 2. The molecule has 190 valence electrons. The number of aromatic nitrogens is 2. The van der Waals surface area contributed by atoms with E-state index in [1.54, 1.807) is 18.2 Å². The topological polar surface area (TPSA) is 90.3 Å². The highest BCUT2D eigenvalue weighted by molar-refractivity contribution is 7.90. The summed E-state index contributed by atoms with van der Waals surface area (Å²) in [5, 5.41) is 0.589. The van der Waals surface area contributed by atoms with Gasteiger partial charge in [0.25, 0.3) is 5.91 Å². The third-order valence-corrected chi connectivity index (χ3v) is 7.51. The van der Waals surface area contributed by atoms with Crippen molar-refractivity contribution < 1.29 is 17.9 Å². The van der Waals surface area contributed by atoms with Crippen molar-refractivity contribution in [2.75, 3.05) is 12.4 Å². The van der Waals surface area contributed by atoms with Crippen LogP contribution in [0.2, 0.25) is 5.02 Å². The van der Waals surface area contributed by atoms with Crippen LogP contribution in [-0.2, 0) is 16.6 Å². The molecule has 2 aromatic carbocycles. The molecule has 1 heterocycles. The SMILES string of the molecule is CCCCCOc1ccc(Cn2c(C)nc3ccc(C(=O)NS(=O)(=O)CCCCC)cc32)c(Cl)c1. The molecule has 7 nitrogen and oxygen atoms in total. The van der Waals surface area contributed by atoms with E-state index >= 15 is 0 Å². The molecule has 0 atom stereocenters.